The molecule has 1 atom stereocenters. The average Bonchev–Trinajstić information content (AvgIpc) is 3.45. The maximum absolute atomic E-state index is 13.0. The molecule has 1 saturated heterocycles. The lowest BCUT2D eigenvalue weighted by Crippen LogP contribution is -2.44. The number of carbonyl (C=O) groups is 1. The van der Waals surface area contributed by atoms with Gasteiger partial charge in [0.05, 0.1) is 17.3 Å². The molecule has 0 bridgehead atoms. The maximum atomic E-state index is 13.0. The Labute approximate surface area is 270 Å². The van der Waals surface area contributed by atoms with E-state index in [1.807, 2.05) is 65.6 Å². The summed E-state index contributed by atoms with van der Waals surface area (Å²) in [5.41, 5.74) is 8.19. The van der Waals surface area contributed by atoms with E-state index < -0.39 is 0 Å². The highest BCUT2D eigenvalue weighted by molar-refractivity contribution is 6.29. The topological polar surface area (TPSA) is 107 Å². The van der Waals surface area contributed by atoms with Crippen molar-refractivity contribution in [2.75, 3.05) is 19.6 Å². The number of hydrogen-bond donors (Lipinski definition) is 3. The number of amides is 1. The predicted molar refractivity (Wildman–Crippen MR) is 187 cm³/mol. The SMILES string of the molecule is C=CNC(=NC1CCN(C(=O)/C=C/CN(C(C)C)C2CCC2)C1)/C(C(=N)c1ccc(Oc2ccccc2)cc1)=C(\C)N.CCC. The van der Waals surface area contributed by atoms with Crippen LogP contribution < -0.4 is 15.8 Å². The highest BCUT2D eigenvalue weighted by atomic mass is 16.5. The van der Waals surface area contributed by atoms with E-state index in [2.05, 4.69) is 44.5 Å². The molecule has 2 aromatic rings. The first-order valence-corrected chi connectivity index (χ1v) is 16.2. The zero-order valence-corrected chi connectivity index (χ0v) is 27.8. The molecule has 0 radical (unpaired) electrons. The summed E-state index contributed by atoms with van der Waals surface area (Å²) in [6.07, 6.45) is 11.0. The summed E-state index contributed by atoms with van der Waals surface area (Å²) in [5, 5.41) is 12.1. The van der Waals surface area contributed by atoms with Crippen molar-refractivity contribution in [3.63, 3.8) is 0 Å². The second-order valence-electron chi connectivity index (χ2n) is 11.9. The molecular formula is C37H52N6O2. The fraction of sp³-hybridized carbons (Fsp3) is 0.432. The molecule has 8 heteroatoms. The van der Waals surface area contributed by atoms with Crippen molar-refractivity contribution < 1.29 is 9.53 Å². The van der Waals surface area contributed by atoms with Gasteiger partial charge in [0.2, 0.25) is 5.91 Å². The lowest BCUT2D eigenvalue weighted by atomic mass is 9.90. The van der Waals surface area contributed by atoms with E-state index in [0.29, 0.717) is 53.6 Å². The first kappa shape index (κ1) is 35.3. The molecule has 1 amide bonds. The molecule has 1 aliphatic carbocycles. The highest BCUT2D eigenvalue weighted by Gasteiger charge is 2.28. The lowest BCUT2D eigenvalue weighted by Gasteiger charge is -2.39. The van der Waals surface area contributed by atoms with Gasteiger partial charge in [0.1, 0.15) is 17.3 Å². The Kier molecular flexibility index (Phi) is 14.1. The number of para-hydroxylation sites is 1. The van der Waals surface area contributed by atoms with Crippen LogP contribution in [-0.2, 0) is 4.79 Å². The van der Waals surface area contributed by atoms with E-state index >= 15 is 0 Å². The van der Waals surface area contributed by atoms with Gasteiger partial charge in [-0.15, -0.1) is 0 Å². The quantitative estimate of drug-likeness (QED) is 0.135. The first-order valence-electron chi connectivity index (χ1n) is 16.2. The number of rotatable bonds is 12. The van der Waals surface area contributed by atoms with Crippen molar-refractivity contribution in [2.45, 2.75) is 84.8 Å². The fourth-order valence-corrected chi connectivity index (χ4v) is 5.34. The summed E-state index contributed by atoms with van der Waals surface area (Å²) in [7, 11) is 0. The van der Waals surface area contributed by atoms with Crippen LogP contribution in [0.5, 0.6) is 11.5 Å². The second-order valence-corrected chi connectivity index (χ2v) is 11.9. The Morgan fingerprint density at radius 2 is 1.78 bits per heavy atom. The molecule has 1 unspecified atom stereocenters. The van der Waals surface area contributed by atoms with Gasteiger partial charge in [0, 0.05) is 49.1 Å². The molecule has 0 aromatic heterocycles. The van der Waals surface area contributed by atoms with E-state index in [1.165, 1.54) is 31.9 Å². The lowest BCUT2D eigenvalue weighted by molar-refractivity contribution is -0.125. The molecule has 1 saturated carbocycles. The summed E-state index contributed by atoms with van der Waals surface area (Å²) < 4.78 is 5.89. The van der Waals surface area contributed by atoms with Gasteiger partial charge in [-0.25, -0.2) is 0 Å². The molecule has 242 valence electrons. The number of aliphatic imine (C=N–C) groups is 1. The van der Waals surface area contributed by atoms with Crippen LogP contribution in [0.15, 0.2) is 95.8 Å². The molecule has 2 aromatic carbocycles. The number of nitrogens with zero attached hydrogens (tertiary/aromatic N) is 3. The van der Waals surface area contributed by atoms with Gasteiger partial charge in [-0.3, -0.25) is 20.1 Å². The third kappa shape index (κ3) is 10.5. The fourth-order valence-electron chi connectivity index (χ4n) is 5.34. The maximum Gasteiger partial charge on any atom is 0.246 e. The van der Waals surface area contributed by atoms with Crippen LogP contribution in [0.1, 0.15) is 72.3 Å². The summed E-state index contributed by atoms with van der Waals surface area (Å²) in [4.78, 5) is 22.2. The molecule has 4 N–H and O–H groups in total. The second kappa shape index (κ2) is 18.0. The minimum absolute atomic E-state index is 0.0135. The first-order chi connectivity index (χ1) is 21.7. The van der Waals surface area contributed by atoms with Crippen LogP contribution in [0.2, 0.25) is 0 Å². The van der Waals surface area contributed by atoms with Crippen molar-refractivity contribution in [1.29, 1.82) is 5.41 Å². The van der Waals surface area contributed by atoms with E-state index in [1.54, 1.807) is 13.0 Å². The third-order valence-corrected chi connectivity index (χ3v) is 7.81. The smallest absolute Gasteiger partial charge is 0.246 e. The van der Waals surface area contributed by atoms with Crippen LogP contribution in [-0.4, -0.2) is 65.0 Å². The van der Waals surface area contributed by atoms with E-state index in [-0.39, 0.29) is 17.7 Å². The molecule has 1 heterocycles. The summed E-state index contributed by atoms with van der Waals surface area (Å²) in [5.74, 6) is 1.91. The van der Waals surface area contributed by atoms with Gasteiger partial charge in [0.25, 0.3) is 0 Å². The molecule has 2 aliphatic rings. The molecule has 1 aliphatic heterocycles. The van der Waals surface area contributed by atoms with Gasteiger partial charge in [-0.1, -0.05) is 57.5 Å². The number of amidine groups is 1. The monoisotopic (exact) mass is 612 g/mol. The summed E-state index contributed by atoms with van der Waals surface area (Å²) in [6.45, 7) is 16.2. The number of carbonyl (C=O) groups excluding carboxylic acids is 1. The van der Waals surface area contributed by atoms with Crippen molar-refractivity contribution in [2.24, 2.45) is 10.7 Å². The molecule has 45 heavy (non-hydrogen) atoms. The number of nitrogens with two attached hydrogens (primary N) is 1. The number of likely N-dealkylation sites (tertiary alicyclic amines) is 1. The summed E-state index contributed by atoms with van der Waals surface area (Å²) >= 11 is 0. The third-order valence-electron chi connectivity index (χ3n) is 7.81. The Bertz CT molecular complexity index is 1340. The Balaban J connectivity index is 0.00000177. The number of benzene rings is 2. The molecule has 0 spiro atoms. The normalized spacial score (nSPS) is 17.4. The Morgan fingerprint density at radius 1 is 1.13 bits per heavy atom. The van der Waals surface area contributed by atoms with Crippen LogP contribution in [0, 0.1) is 5.41 Å². The van der Waals surface area contributed by atoms with Crippen molar-refractivity contribution in [1.82, 2.24) is 15.1 Å². The Hall–Kier alpha value is -4.17. The van der Waals surface area contributed by atoms with Crippen molar-refractivity contribution >= 4 is 17.5 Å². The number of ether oxygens (including phenoxy) is 1. The largest absolute Gasteiger partial charge is 0.457 e. The minimum atomic E-state index is -0.115. The van der Waals surface area contributed by atoms with Gasteiger partial charge >= 0.3 is 0 Å². The number of nitrogens with one attached hydrogen (secondary N) is 2. The average molecular weight is 613 g/mol. The number of hydrogen-bond acceptors (Lipinski definition) is 6. The zero-order chi connectivity index (χ0) is 32.8. The van der Waals surface area contributed by atoms with Crippen LogP contribution in [0.3, 0.4) is 0 Å². The van der Waals surface area contributed by atoms with Crippen LogP contribution in [0.25, 0.3) is 0 Å². The molecule has 2 fully saturated rings. The standard InChI is InChI=1S/C34H44N6O2.C3H8/c1-5-37-34(32(25(4)35)33(36)26-16-18-30(19-17-26)42-29-13-7-6-8-14-29)38-27-20-22-39(23-27)31(41)15-10-21-40(24(2)3)28-11-9-12-28;1-3-2/h5-8,10,13-19,24,27-28,36H,1,9,11-12,20-23,35H2,2-4H3,(H,37,38);3H2,1-2H3/b15-10+,32-25+,36-33?;. The van der Waals surface area contributed by atoms with Gasteiger partial charge in [-0.05, 0) is 82.6 Å². The van der Waals surface area contributed by atoms with E-state index in [4.69, 9.17) is 20.9 Å². The molecule has 8 nitrogen and oxygen atoms in total. The molecule has 4 rings (SSSR count). The molecular weight excluding hydrogens is 560 g/mol. The van der Waals surface area contributed by atoms with E-state index in [0.717, 1.165) is 18.7 Å². The van der Waals surface area contributed by atoms with Gasteiger partial charge < -0.3 is 20.7 Å². The van der Waals surface area contributed by atoms with Crippen molar-refractivity contribution in [3.8, 4) is 11.5 Å². The van der Waals surface area contributed by atoms with Crippen LogP contribution >= 0.6 is 0 Å². The van der Waals surface area contributed by atoms with Gasteiger partial charge in [-0.2, -0.15) is 0 Å². The van der Waals surface area contributed by atoms with E-state index in [9.17, 15) is 4.79 Å². The number of allylic oxidation sites excluding steroid dienone is 1. The highest BCUT2D eigenvalue weighted by Crippen LogP contribution is 2.26. The van der Waals surface area contributed by atoms with Crippen molar-refractivity contribution in [3.05, 3.63) is 96.4 Å². The zero-order valence-electron chi connectivity index (χ0n) is 27.8. The summed E-state index contributed by atoms with van der Waals surface area (Å²) in [6, 6.07) is 17.9. The Morgan fingerprint density at radius 3 is 2.33 bits per heavy atom. The predicted octanol–water partition coefficient (Wildman–Crippen LogP) is 7.05. The van der Waals surface area contributed by atoms with Crippen LogP contribution in [0.4, 0.5) is 0 Å². The van der Waals surface area contributed by atoms with Gasteiger partial charge in [0.15, 0.2) is 0 Å². The minimum Gasteiger partial charge on any atom is -0.457 e.